The molecule has 0 aliphatic rings. The minimum Gasteiger partial charge on any atom is -0.206 e. The van der Waals surface area contributed by atoms with E-state index in [9.17, 15) is 4.39 Å². The number of benzene rings is 2. The second-order valence-corrected chi connectivity index (χ2v) is 5.24. The average Bonchev–Trinajstić information content (AvgIpc) is 2.33. The quantitative estimate of drug-likeness (QED) is 0.666. The van der Waals surface area contributed by atoms with Crippen LogP contribution < -0.4 is 0 Å². The van der Waals surface area contributed by atoms with Crippen LogP contribution in [0.25, 0.3) is 0 Å². The second-order valence-electron chi connectivity index (χ2n) is 3.95. The first-order chi connectivity index (χ1) is 8.08. The second kappa shape index (κ2) is 5.19. The van der Waals surface area contributed by atoms with E-state index in [2.05, 4.69) is 15.9 Å². The molecular weight excluding hydrogens is 303 g/mol. The Bertz CT molecular complexity index is 522. The van der Waals surface area contributed by atoms with E-state index in [1.807, 2.05) is 37.3 Å². The average molecular weight is 314 g/mol. The lowest BCUT2D eigenvalue weighted by molar-refractivity contribution is 0.619. The molecule has 3 heteroatoms. The third-order valence-corrected chi connectivity index (χ3v) is 3.75. The van der Waals surface area contributed by atoms with Gasteiger partial charge in [-0.1, -0.05) is 35.9 Å². The fourth-order valence-corrected chi connectivity index (χ4v) is 2.13. The molecule has 0 aromatic heterocycles. The third kappa shape index (κ3) is 2.88. The number of hydrogen-bond acceptors (Lipinski definition) is 0. The predicted molar refractivity (Wildman–Crippen MR) is 73.0 cm³/mol. The van der Waals surface area contributed by atoms with Crippen molar-refractivity contribution in [2.45, 2.75) is 12.3 Å². The first-order valence-corrected chi connectivity index (χ1v) is 6.46. The summed E-state index contributed by atoms with van der Waals surface area (Å²) in [4.78, 5) is 0. The van der Waals surface area contributed by atoms with E-state index in [1.54, 1.807) is 6.07 Å². The van der Waals surface area contributed by atoms with Gasteiger partial charge in [-0.3, -0.25) is 0 Å². The Morgan fingerprint density at radius 2 is 1.65 bits per heavy atom. The maximum atomic E-state index is 13.4. The summed E-state index contributed by atoms with van der Waals surface area (Å²) in [6.07, 6.45) is 0. The van der Waals surface area contributed by atoms with Crippen LogP contribution in [0.2, 0.25) is 0 Å². The number of halogens is 3. The van der Waals surface area contributed by atoms with Crippen molar-refractivity contribution >= 4 is 27.5 Å². The SMILES string of the molecule is Cc1ccc(C(Cl)c2ccc(Br)c(F)c2)cc1. The molecule has 88 valence electrons. The van der Waals surface area contributed by atoms with Gasteiger partial charge in [-0.25, -0.2) is 4.39 Å². The van der Waals surface area contributed by atoms with Crippen molar-refractivity contribution in [3.05, 3.63) is 69.4 Å². The Morgan fingerprint density at radius 1 is 1.06 bits per heavy atom. The van der Waals surface area contributed by atoms with E-state index in [4.69, 9.17) is 11.6 Å². The standard InChI is InChI=1S/C14H11BrClF/c1-9-2-4-10(5-3-9)14(16)11-6-7-12(15)13(17)8-11/h2-8,14H,1H3. The van der Waals surface area contributed by atoms with Gasteiger partial charge in [-0.05, 0) is 46.1 Å². The molecule has 2 aromatic rings. The Balaban J connectivity index is 2.33. The molecule has 0 amide bonds. The molecule has 1 unspecified atom stereocenters. The molecule has 2 aromatic carbocycles. The highest BCUT2D eigenvalue weighted by Gasteiger charge is 2.12. The highest BCUT2D eigenvalue weighted by atomic mass is 79.9. The van der Waals surface area contributed by atoms with Gasteiger partial charge in [-0.15, -0.1) is 11.6 Å². The van der Waals surface area contributed by atoms with Gasteiger partial charge in [0.2, 0.25) is 0 Å². The van der Waals surface area contributed by atoms with E-state index in [1.165, 1.54) is 11.6 Å². The topological polar surface area (TPSA) is 0 Å². The Hall–Kier alpha value is -0.860. The van der Waals surface area contributed by atoms with Crippen LogP contribution >= 0.6 is 27.5 Å². The molecule has 1 atom stereocenters. The van der Waals surface area contributed by atoms with Crippen LogP contribution in [0.1, 0.15) is 22.1 Å². The van der Waals surface area contributed by atoms with Crippen molar-refractivity contribution in [1.82, 2.24) is 0 Å². The third-order valence-electron chi connectivity index (χ3n) is 2.61. The van der Waals surface area contributed by atoms with Gasteiger partial charge in [0.15, 0.2) is 0 Å². The monoisotopic (exact) mass is 312 g/mol. The molecule has 17 heavy (non-hydrogen) atoms. The molecule has 0 bridgehead atoms. The first-order valence-electron chi connectivity index (χ1n) is 5.23. The number of rotatable bonds is 2. The number of aryl methyl sites for hydroxylation is 1. The molecule has 0 radical (unpaired) electrons. The smallest absolute Gasteiger partial charge is 0.137 e. The van der Waals surface area contributed by atoms with Gasteiger partial charge in [0.1, 0.15) is 5.82 Å². The van der Waals surface area contributed by atoms with Crippen molar-refractivity contribution in [1.29, 1.82) is 0 Å². The maximum absolute atomic E-state index is 13.4. The fraction of sp³-hybridized carbons (Fsp3) is 0.143. The van der Waals surface area contributed by atoms with E-state index < -0.39 is 0 Å². The molecule has 2 rings (SSSR count). The van der Waals surface area contributed by atoms with Crippen LogP contribution in [0.4, 0.5) is 4.39 Å². The van der Waals surface area contributed by atoms with Crippen LogP contribution in [0, 0.1) is 12.7 Å². The van der Waals surface area contributed by atoms with E-state index in [0.717, 1.165) is 11.1 Å². The highest BCUT2D eigenvalue weighted by molar-refractivity contribution is 9.10. The summed E-state index contributed by atoms with van der Waals surface area (Å²) in [5, 5.41) is -0.321. The largest absolute Gasteiger partial charge is 0.206 e. The van der Waals surface area contributed by atoms with Crippen LogP contribution in [0.15, 0.2) is 46.9 Å². The number of hydrogen-bond donors (Lipinski definition) is 0. The van der Waals surface area contributed by atoms with Gasteiger partial charge < -0.3 is 0 Å². The molecule has 0 N–H and O–H groups in total. The van der Waals surface area contributed by atoms with E-state index >= 15 is 0 Å². The highest BCUT2D eigenvalue weighted by Crippen LogP contribution is 2.30. The van der Waals surface area contributed by atoms with Gasteiger partial charge in [0, 0.05) is 0 Å². The predicted octanol–water partition coefficient (Wildman–Crippen LogP) is 5.22. The zero-order valence-electron chi connectivity index (χ0n) is 9.25. The summed E-state index contributed by atoms with van der Waals surface area (Å²) in [6.45, 7) is 2.02. The van der Waals surface area contributed by atoms with Crippen molar-refractivity contribution in [3.63, 3.8) is 0 Å². The lowest BCUT2D eigenvalue weighted by atomic mass is 10.0. The molecular formula is C14H11BrClF. The van der Waals surface area contributed by atoms with Crippen molar-refractivity contribution in [2.75, 3.05) is 0 Å². The van der Waals surface area contributed by atoms with Crippen LogP contribution in [0.3, 0.4) is 0 Å². The summed E-state index contributed by atoms with van der Waals surface area (Å²) >= 11 is 9.45. The summed E-state index contributed by atoms with van der Waals surface area (Å²) in [7, 11) is 0. The molecule has 0 aliphatic heterocycles. The zero-order valence-corrected chi connectivity index (χ0v) is 11.6. The Kier molecular flexibility index (Phi) is 3.85. The van der Waals surface area contributed by atoms with Crippen LogP contribution in [-0.2, 0) is 0 Å². The molecule has 0 saturated carbocycles. The van der Waals surface area contributed by atoms with Gasteiger partial charge in [0.25, 0.3) is 0 Å². The first kappa shape index (κ1) is 12.6. The molecule has 0 fully saturated rings. The lowest BCUT2D eigenvalue weighted by Crippen LogP contribution is -1.94. The molecule has 0 saturated heterocycles. The summed E-state index contributed by atoms with van der Waals surface area (Å²) in [5.74, 6) is -0.291. The minimum absolute atomic E-state index is 0.291. The molecule has 0 aliphatic carbocycles. The molecule has 0 spiro atoms. The molecule has 0 heterocycles. The van der Waals surface area contributed by atoms with Crippen LogP contribution in [0.5, 0.6) is 0 Å². The van der Waals surface area contributed by atoms with Crippen LogP contribution in [-0.4, -0.2) is 0 Å². The van der Waals surface area contributed by atoms with Crippen molar-refractivity contribution in [3.8, 4) is 0 Å². The summed E-state index contributed by atoms with van der Waals surface area (Å²) < 4.78 is 13.9. The van der Waals surface area contributed by atoms with Gasteiger partial charge in [0.05, 0.1) is 9.85 Å². The van der Waals surface area contributed by atoms with Crippen molar-refractivity contribution < 1.29 is 4.39 Å². The maximum Gasteiger partial charge on any atom is 0.137 e. The van der Waals surface area contributed by atoms with E-state index in [-0.39, 0.29) is 11.2 Å². The molecule has 0 nitrogen and oxygen atoms in total. The lowest BCUT2D eigenvalue weighted by Gasteiger charge is -2.11. The Morgan fingerprint density at radius 3 is 2.24 bits per heavy atom. The number of alkyl halides is 1. The van der Waals surface area contributed by atoms with Gasteiger partial charge >= 0.3 is 0 Å². The summed E-state index contributed by atoms with van der Waals surface area (Å²) in [5.41, 5.74) is 2.91. The zero-order chi connectivity index (χ0) is 12.4. The van der Waals surface area contributed by atoms with E-state index in [0.29, 0.717) is 4.47 Å². The normalized spacial score (nSPS) is 12.5. The van der Waals surface area contributed by atoms with Gasteiger partial charge in [-0.2, -0.15) is 0 Å². The van der Waals surface area contributed by atoms with Crippen molar-refractivity contribution in [2.24, 2.45) is 0 Å². The minimum atomic E-state index is -0.321. The summed E-state index contributed by atoms with van der Waals surface area (Å²) in [6, 6.07) is 12.9. The fourth-order valence-electron chi connectivity index (χ4n) is 1.60. The Labute approximate surface area is 114 Å².